The number of hydrogen-bond donors (Lipinski definition) is 1. The van der Waals surface area contributed by atoms with Gasteiger partial charge in [-0.05, 0) is 43.9 Å². The highest BCUT2D eigenvalue weighted by Gasteiger charge is 2.58. The highest BCUT2D eigenvalue weighted by atomic mass is 16.2. The molecule has 5 rings (SSSR count). The van der Waals surface area contributed by atoms with Gasteiger partial charge in [0.25, 0.3) is 5.91 Å². The normalized spacial score (nSPS) is 30.3. The van der Waals surface area contributed by atoms with Crippen LogP contribution in [-0.2, 0) is 11.2 Å². The van der Waals surface area contributed by atoms with Gasteiger partial charge in [0.15, 0.2) is 0 Å². The Balaban J connectivity index is 1.85. The number of fused-ring (bicyclic) bond motifs is 3. The number of piperidine rings is 1. The molecule has 26 heavy (non-hydrogen) atoms. The van der Waals surface area contributed by atoms with Crippen LogP contribution in [0.5, 0.6) is 0 Å². The number of carbonyl (C=O) groups is 2. The number of nitrogens with zero attached hydrogens (tertiary/aromatic N) is 2. The topological polar surface area (TPSA) is 54.3 Å². The molecule has 1 fully saturated rings. The molecule has 1 N–H and O–H groups in total. The molecule has 136 valence electrons. The van der Waals surface area contributed by atoms with E-state index in [0.717, 1.165) is 44.3 Å². The zero-order chi connectivity index (χ0) is 18.1. The molecule has 1 amide bonds. The third-order valence-corrected chi connectivity index (χ3v) is 6.97. The minimum absolute atomic E-state index is 0.0412. The van der Waals surface area contributed by atoms with Crippen molar-refractivity contribution in [1.82, 2.24) is 14.8 Å². The van der Waals surface area contributed by atoms with Crippen molar-refractivity contribution in [2.45, 2.75) is 51.6 Å². The van der Waals surface area contributed by atoms with Crippen LogP contribution in [0.3, 0.4) is 0 Å². The van der Waals surface area contributed by atoms with E-state index >= 15 is 0 Å². The summed E-state index contributed by atoms with van der Waals surface area (Å²) >= 11 is 0. The second-order valence-corrected chi connectivity index (χ2v) is 8.07. The number of aromatic nitrogens is 1. The minimum Gasteiger partial charge on any atom is -0.344 e. The zero-order valence-electron chi connectivity index (χ0n) is 15.4. The fraction of sp³-hybridized carbons (Fsp3) is 0.524. The zero-order valence-corrected chi connectivity index (χ0v) is 15.4. The third kappa shape index (κ3) is 1.84. The molecular weight excluding hydrogens is 326 g/mol. The maximum absolute atomic E-state index is 13.7. The Bertz CT molecular complexity index is 931. The van der Waals surface area contributed by atoms with E-state index in [9.17, 15) is 9.59 Å². The molecule has 1 saturated heterocycles. The van der Waals surface area contributed by atoms with Crippen molar-refractivity contribution in [2.24, 2.45) is 5.41 Å². The number of rotatable bonds is 2. The molecule has 0 unspecified atom stereocenters. The fourth-order valence-electron chi connectivity index (χ4n) is 5.96. The summed E-state index contributed by atoms with van der Waals surface area (Å²) in [5, 5.41) is 4.25. The van der Waals surface area contributed by atoms with Gasteiger partial charge in [-0.15, -0.1) is 0 Å². The standard InChI is InChI=1S/C21H25N3O2/c1-3-21-10-6-11-23-12-9-15-14-7-4-5-8-16(14)24(17(15)19(21)23)20(26)18(21)22-13(2)25/h4-5,7-8,18-19H,3,6,9-12H2,1-2H3,(H,22,25)/t18-,19+,21-/m0/s1. The summed E-state index contributed by atoms with van der Waals surface area (Å²) in [5.41, 5.74) is 3.33. The van der Waals surface area contributed by atoms with Crippen molar-refractivity contribution in [2.75, 3.05) is 13.1 Å². The summed E-state index contributed by atoms with van der Waals surface area (Å²) in [6.45, 7) is 5.81. The van der Waals surface area contributed by atoms with Crippen molar-refractivity contribution in [1.29, 1.82) is 0 Å². The van der Waals surface area contributed by atoms with E-state index in [2.05, 4.69) is 29.3 Å². The van der Waals surface area contributed by atoms with Crippen LogP contribution in [0.1, 0.15) is 55.2 Å². The summed E-state index contributed by atoms with van der Waals surface area (Å²) in [6, 6.07) is 8.00. The van der Waals surface area contributed by atoms with Gasteiger partial charge in [0.05, 0.1) is 11.6 Å². The van der Waals surface area contributed by atoms with Crippen LogP contribution in [0.25, 0.3) is 10.9 Å². The molecule has 2 aromatic rings. The van der Waals surface area contributed by atoms with Crippen LogP contribution in [-0.4, -0.2) is 40.4 Å². The van der Waals surface area contributed by atoms with Gasteiger partial charge < -0.3 is 5.32 Å². The second-order valence-electron chi connectivity index (χ2n) is 8.07. The molecule has 1 aromatic carbocycles. The van der Waals surface area contributed by atoms with Crippen molar-refractivity contribution in [3.05, 3.63) is 35.5 Å². The molecular formula is C21H25N3O2. The first kappa shape index (κ1) is 16.1. The van der Waals surface area contributed by atoms with Gasteiger partial charge in [-0.3, -0.25) is 19.1 Å². The minimum atomic E-state index is -0.452. The van der Waals surface area contributed by atoms with Gasteiger partial charge in [-0.25, -0.2) is 0 Å². The van der Waals surface area contributed by atoms with Crippen molar-refractivity contribution >= 4 is 22.7 Å². The molecule has 5 heteroatoms. The summed E-state index contributed by atoms with van der Waals surface area (Å²) in [7, 11) is 0. The van der Waals surface area contributed by atoms with Gasteiger partial charge in [-0.1, -0.05) is 25.1 Å². The highest BCUT2D eigenvalue weighted by Crippen LogP contribution is 2.56. The predicted octanol–water partition coefficient (Wildman–Crippen LogP) is 2.89. The first-order chi connectivity index (χ1) is 12.6. The lowest BCUT2D eigenvalue weighted by atomic mass is 9.61. The first-order valence-corrected chi connectivity index (χ1v) is 9.76. The third-order valence-electron chi connectivity index (χ3n) is 6.97. The van der Waals surface area contributed by atoms with E-state index in [1.54, 1.807) is 0 Å². The summed E-state index contributed by atoms with van der Waals surface area (Å²) < 4.78 is 1.93. The van der Waals surface area contributed by atoms with E-state index in [0.29, 0.717) is 0 Å². The van der Waals surface area contributed by atoms with E-state index < -0.39 is 6.04 Å². The monoisotopic (exact) mass is 351 g/mol. The van der Waals surface area contributed by atoms with Gasteiger partial charge in [0.2, 0.25) is 5.91 Å². The Hall–Kier alpha value is -2.14. The second kappa shape index (κ2) is 5.43. The van der Waals surface area contributed by atoms with Gasteiger partial charge in [0, 0.05) is 30.0 Å². The van der Waals surface area contributed by atoms with Gasteiger partial charge in [-0.2, -0.15) is 0 Å². The van der Waals surface area contributed by atoms with Crippen LogP contribution < -0.4 is 5.32 Å². The lowest BCUT2D eigenvalue weighted by Gasteiger charge is -2.57. The van der Waals surface area contributed by atoms with Crippen LogP contribution in [0, 0.1) is 5.41 Å². The molecule has 3 aliphatic heterocycles. The van der Waals surface area contributed by atoms with Gasteiger partial charge >= 0.3 is 0 Å². The molecule has 3 aliphatic rings. The summed E-state index contributed by atoms with van der Waals surface area (Å²) in [6.07, 6.45) is 3.97. The molecule has 0 radical (unpaired) electrons. The van der Waals surface area contributed by atoms with Crippen molar-refractivity contribution in [3.8, 4) is 0 Å². The Morgan fingerprint density at radius 1 is 1.31 bits per heavy atom. The number of amides is 1. The van der Waals surface area contributed by atoms with Crippen molar-refractivity contribution in [3.63, 3.8) is 0 Å². The Morgan fingerprint density at radius 3 is 2.88 bits per heavy atom. The quantitative estimate of drug-likeness (QED) is 0.905. The summed E-state index contributed by atoms with van der Waals surface area (Å²) in [5.74, 6) is -0.0799. The largest absolute Gasteiger partial charge is 0.344 e. The molecule has 0 bridgehead atoms. The lowest BCUT2D eigenvalue weighted by molar-refractivity contribution is -0.122. The van der Waals surface area contributed by atoms with Crippen LogP contribution >= 0.6 is 0 Å². The Labute approximate surface area is 153 Å². The maximum atomic E-state index is 13.7. The number of hydrogen-bond acceptors (Lipinski definition) is 3. The van der Waals surface area contributed by atoms with Gasteiger partial charge in [0.1, 0.15) is 6.04 Å². The Kier molecular flexibility index (Phi) is 3.35. The molecule has 0 aliphatic carbocycles. The molecule has 4 heterocycles. The number of nitrogens with one attached hydrogen (secondary N) is 1. The van der Waals surface area contributed by atoms with Crippen LogP contribution in [0.15, 0.2) is 24.3 Å². The molecule has 5 nitrogen and oxygen atoms in total. The maximum Gasteiger partial charge on any atom is 0.254 e. The average Bonchev–Trinajstić information content (AvgIpc) is 2.99. The van der Waals surface area contributed by atoms with E-state index in [1.807, 2.05) is 16.7 Å². The molecule has 0 spiro atoms. The first-order valence-electron chi connectivity index (χ1n) is 9.76. The van der Waals surface area contributed by atoms with Crippen LogP contribution in [0.2, 0.25) is 0 Å². The van der Waals surface area contributed by atoms with E-state index in [-0.39, 0.29) is 23.3 Å². The fourth-order valence-corrected chi connectivity index (χ4v) is 5.96. The smallest absolute Gasteiger partial charge is 0.254 e. The van der Waals surface area contributed by atoms with E-state index in [4.69, 9.17) is 0 Å². The number of para-hydroxylation sites is 1. The van der Waals surface area contributed by atoms with E-state index in [1.165, 1.54) is 23.6 Å². The molecule has 3 atom stereocenters. The lowest BCUT2D eigenvalue weighted by Crippen LogP contribution is -2.65. The molecule has 0 saturated carbocycles. The molecule has 1 aromatic heterocycles. The number of carbonyl (C=O) groups excluding carboxylic acids is 2. The summed E-state index contributed by atoms with van der Waals surface area (Å²) in [4.78, 5) is 28.2. The average molecular weight is 351 g/mol. The SMILES string of the molecule is CC[C@]12CCCN3CCc4c(n(c5ccccc45)C(=O)[C@@H]1NC(C)=O)[C@@H]32. The Morgan fingerprint density at radius 2 is 2.12 bits per heavy atom. The van der Waals surface area contributed by atoms with Crippen molar-refractivity contribution < 1.29 is 9.59 Å². The highest BCUT2D eigenvalue weighted by molar-refractivity contribution is 6.01. The number of benzene rings is 1. The van der Waals surface area contributed by atoms with Crippen LogP contribution in [0.4, 0.5) is 0 Å². The predicted molar refractivity (Wildman–Crippen MR) is 100 cm³/mol.